The second-order valence-electron chi connectivity index (χ2n) is 6.09. The van der Waals surface area contributed by atoms with Crippen molar-refractivity contribution in [1.29, 1.82) is 0 Å². The molecule has 0 unspecified atom stereocenters. The van der Waals surface area contributed by atoms with Crippen LogP contribution in [0.1, 0.15) is 11.3 Å². The SMILES string of the molecule is O=C(CN(Cc1ccco1)S(=O)(=O)c1ccccc1)NN=Cc1c(Cl)cccc1Cl. The topological polar surface area (TPSA) is 92.0 Å². The fourth-order valence-electron chi connectivity index (χ4n) is 2.54. The van der Waals surface area contributed by atoms with E-state index in [1.54, 1.807) is 48.5 Å². The van der Waals surface area contributed by atoms with Gasteiger partial charge in [0.2, 0.25) is 10.0 Å². The number of furan rings is 1. The number of hydrogen-bond acceptors (Lipinski definition) is 5. The van der Waals surface area contributed by atoms with E-state index in [-0.39, 0.29) is 11.4 Å². The summed E-state index contributed by atoms with van der Waals surface area (Å²) in [5, 5.41) is 4.56. The Morgan fingerprint density at radius 1 is 1.03 bits per heavy atom. The van der Waals surface area contributed by atoms with Gasteiger partial charge < -0.3 is 4.42 Å². The average Bonchev–Trinajstić information content (AvgIpc) is 3.23. The minimum absolute atomic E-state index is 0.0655. The number of halogens is 2. The third-order valence-corrected chi connectivity index (χ3v) is 6.46. The summed E-state index contributed by atoms with van der Waals surface area (Å²) in [7, 11) is -3.94. The molecule has 0 aliphatic rings. The molecule has 10 heteroatoms. The van der Waals surface area contributed by atoms with E-state index in [9.17, 15) is 13.2 Å². The van der Waals surface area contributed by atoms with Crippen molar-refractivity contribution in [2.45, 2.75) is 11.4 Å². The first-order chi connectivity index (χ1) is 14.4. The highest BCUT2D eigenvalue weighted by Crippen LogP contribution is 2.22. The number of carbonyl (C=O) groups is 1. The van der Waals surface area contributed by atoms with Gasteiger partial charge in [0.1, 0.15) is 5.76 Å². The highest BCUT2D eigenvalue weighted by atomic mass is 35.5. The lowest BCUT2D eigenvalue weighted by molar-refractivity contribution is -0.121. The number of hydrogen-bond donors (Lipinski definition) is 1. The normalized spacial score (nSPS) is 11.8. The molecule has 0 aliphatic heterocycles. The Bertz CT molecular complexity index is 1110. The molecule has 0 saturated carbocycles. The summed E-state index contributed by atoms with van der Waals surface area (Å²) in [6, 6.07) is 16.1. The molecule has 0 fully saturated rings. The maximum Gasteiger partial charge on any atom is 0.255 e. The van der Waals surface area contributed by atoms with E-state index in [0.717, 1.165) is 4.31 Å². The molecule has 3 rings (SSSR count). The molecule has 0 radical (unpaired) electrons. The van der Waals surface area contributed by atoms with Gasteiger partial charge in [-0.3, -0.25) is 4.79 Å². The zero-order valence-electron chi connectivity index (χ0n) is 15.5. The Morgan fingerprint density at radius 2 is 1.73 bits per heavy atom. The minimum Gasteiger partial charge on any atom is -0.468 e. The lowest BCUT2D eigenvalue weighted by Crippen LogP contribution is -2.39. The summed E-state index contributed by atoms with van der Waals surface area (Å²) in [4.78, 5) is 12.5. The number of carbonyl (C=O) groups excluding carboxylic acids is 1. The quantitative estimate of drug-likeness (QED) is 0.402. The van der Waals surface area contributed by atoms with Crippen molar-refractivity contribution in [1.82, 2.24) is 9.73 Å². The van der Waals surface area contributed by atoms with Crippen LogP contribution in [0.25, 0.3) is 0 Å². The molecule has 7 nitrogen and oxygen atoms in total. The number of nitrogens with one attached hydrogen (secondary N) is 1. The van der Waals surface area contributed by atoms with E-state index in [1.165, 1.54) is 24.6 Å². The van der Waals surface area contributed by atoms with Crippen molar-refractivity contribution in [2.75, 3.05) is 6.54 Å². The fraction of sp³-hybridized carbons (Fsp3) is 0.100. The summed E-state index contributed by atoms with van der Waals surface area (Å²) in [6.45, 7) is -0.580. The van der Waals surface area contributed by atoms with E-state index in [1.807, 2.05) is 0 Å². The largest absolute Gasteiger partial charge is 0.468 e. The molecule has 1 N–H and O–H groups in total. The molecule has 1 aromatic heterocycles. The fourth-order valence-corrected chi connectivity index (χ4v) is 4.42. The number of amides is 1. The minimum atomic E-state index is -3.94. The second kappa shape index (κ2) is 9.90. The molecule has 0 spiro atoms. The van der Waals surface area contributed by atoms with Crippen LogP contribution >= 0.6 is 23.2 Å². The van der Waals surface area contributed by atoms with Crippen LogP contribution in [-0.4, -0.2) is 31.4 Å². The summed E-state index contributed by atoms with van der Waals surface area (Å²) in [6.07, 6.45) is 2.73. The van der Waals surface area contributed by atoms with Gasteiger partial charge in [-0.2, -0.15) is 9.41 Å². The van der Waals surface area contributed by atoms with Gasteiger partial charge in [0.25, 0.3) is 5.91 Å². The van der Waals surface area contributed by atoms with E-state index in [0.29, 0.717) is 21.4 Å². The number of hydrazone groups is 1. The van der Waals surface area contributed by atoms with Crippen LogP contribution in [0.2, 0.25) is 10.0 Å². The summed E-state index contributed by atoms with van der Waals surface area (Å²) in [5.74, 6) is -0.242. The number of benzene rings is 2. The monoisotopic (exact) mass is 465 g/mol. The van der Waals surface area contributed by atoms with Crippen molar-refractivity contribution in [3.63, 3.8) is 0 Å². The Kier molecular flexibility index (Phi) is 7.28. The van der Waals surface area contributed by atoms with Crippen LogP contribution < -0.4 is 5.43 Å². The first kappa shape index (κ1) is 22.0. The predicted molar refractivity (Wildman–Crippen MR) is 115 cm³/mol. The molecule has 156 valence electrons. The van der Waals surface area contributed by atoms with Crippen LogP contribution in [0.3, 0.4) is 0 Å². The van der Waals surface area contributed by atoms with Crippen LogP contribution in [0.5, 0.6) is 0 Å². The summed E-state index contributed by atoms with van der Waals surface area (Å²) in [5.41, 5.74) is 2.73. The van der Waals surface area contributed by atoms with Gasteiger partial charge in [-0.25, -0.2) is 13.8 Å². The Labute approximate surface area is 184 Å². The van der Waals surface area contributed by atoms with Crippen LogP contribution in [0.4, 0.5) is 0 Å². The zero-order valence-corrected chi connectivity index (χ0v) is 17.9. The second-order valence-corrected chi connectivity index (χ2v) is 8.85. The Balaban J connectivity index is 1.76. The molecular formula is C20H17Cl2N3O4S. The van der Waals surface area contributed by atoms with Gasteiger partial charge in [0.15, 0.2) is 0 Å². The molecule has 1 heterocycles. The Morgan fingerprint density at radius 3 is 2.37 bits per heavy atom. The van der Waals surface area contributed by atoms with Crippen molar-refractivity contribution in [3.8, 4) is 0 Å². The van der Waals surface area contributed by atoms with Crippen LogP contribution in [-0.2, 0) is 21.4 Å². The molecule has 3 aromatic rings. The molecule has 2 aromatic carbocycles. The molecule has 30 heavy (non-hydrogen) atoms. The van der Waals surface area contributed by atoms with E-state index < -0.39 is 22.5 Å². The molecule has 0 aliphatic carbocycles. The van der Waals surface area contributed by atoms with Gasteiger partial charge in [-0.05, 0) is 36.4 Å². The van der Waals surface area contributed by atoms with E-state index >= 15 is 0 Å². The summed E-state index contributed by atoms with van der Waals surface area (Å²) < 4.78 is 32.3. The smallest absolute Gasteiger partial charge is 0.255 e. The number of rotatable bonds is 8. The average molecular weight is 466 g/mol. The predicted octanol–water partition coefficient (Wildman–Crippen LogP) is 3.93. The molecule has 0 atom stereocenters. The summed E-state index contributed by atoms with van der Waals surface area (Å²) >= 11 is 12.1. The number of nitrogens with zero attached hydrogens (tertiary/aromatic N) is 2. The van der Waals surface area contributed by atoms with Crippen molar-refractivity contribution >= 4 is 45.3 Å². The lowest BCUT2D eigenvalue weighted by atomic mass is 10.2. The van der Waals surface area contributed by atoms with Gasteiger partial charge >= 0.3 is 0 Å². The highest BCUT2D eigenvalue weighted by Gasteiger charge is 2.27. The first-order valence-electron chi connectivity index (χ1n) is 8.71. The highest BCUT2D eigenvalue weighted by molar-refractivity contribution is 7.89. The van der Waals surface area contributed by atoms with E-state index in [2.05, 4.69) is 10.5 Å². The Hall–Kier alpha value is -2.65. The van der Waals surface area contributed by atoms with Gasteiger partial charge in [-0.1, -0.05) is 47.5 Å². The van der Waals surface area contributed by atoms with Crippen LogP contribution in [0, 0.1) is 0 Å². The molecule has 0 saturated heterocycles. The lowest BCUT2D eigenvalue weighted by Gasteiger charge is -2.20. The van der Waals surface area contributed by atoms with Crippen molar-refractivity contribution in [2.24, 2.45) is 5.10 Å². The maximum atomic E-state index is 13.0. The van der Waals surface area contributed by atoms with Crippen molar-refractivity contribution < 1.29 is 17.6 Å². The number of sulfonamides is 1. The third kappa shape index (κ3) is 5.48. The maximum absolute atomic E-state index is 13.0. The zero-order chi connectivity index (χ0) is 21.6. The van der Waals surface area contributed by atoms with Crippen LogP contribution in [0.15, 0.2) is 81.3 Å². The van der Waals surface area contributed by atoms with Gasteiger partial charge in [-0.15, -0.1) is 0 Å². The standard InChI is InChI=1S/C20H17Cl2N3O4S/c21-18-9-4-10-19(22)17(18)12-23-24-20(26)14-25(13-15-6-5-11-29-15)30(27,28)16-7-2-1-3-8-16/h1-12H,13-14H2,(H,24,26). The third-order valence-electron chi connectivity index (χ3n) is 4.00. The molecule has 1 amide bonds. The molecular weight excluding hydrogens is 449 g/mol. The van der Waals surface area contributed by atoms with Crippen molar-refractivity contribution in [3.05, 3.63) is 88.3 Å². The molecule has 0 bridgehead atoms. The first-order valence-corrected chi connectivity index (χ1v) is 10.9. The van der Waals surface area contributed by atoms with Gasteiger partial charge in [0, 0.05) is 5.56 Å². The van der Waals surface area contributed by atoms with E-state index in [4.69, 9.17) is 27.6 Å². The van der Waals surface area contributed by atoms with Gasteiger partial charge in [0.05, 0.1) is 40.5 Å².